The first kappa shape index (κ1) is 13.4. The minimum absolute atomic E-state index is 0.00672. The van der Waals surface area contributed by atoms with E-state index >= 15 is 0 Å². The van der Waals surface area contributed by atoms with Gasteiger partial charge in [0.05, 0.1) is 27.8 Å². The van der Waals surface area contributed by atoms with Crippen molar-refractivity contribution in [1.29, 1.82) is 0 Å². The smallest absolute Gasteiger partial charge is 0.337 e. The van der Waals surface area contributed by atoms with Gasteiger partial charge in [0.2, 0.25) is 0 Å². The van der Waals surface area contributed by atoms with Crippen molar-refractivity contribution in [2.75, 3.05) is 0 Å². The van der Waals surface area contributed by atoms with E-state index in [-0.39, 0.29) is 17.0 Å². The second kappa shape index (κ2) is 5.71. The molecule has 0 saturated heterocycles. The number of aromatic carboxylic acids is 1. The summed E-state index contributed by atoms with van der Waals surface area (Å²) in [6.45, 7) is 0. The third-order valence-electron chi connectivity index (χ3n) is 2.45. The molecule has 0 saturated carbocycles. The summed E-state index contributed by atoms with van der Waals surface area (Å²) in [5.41, 5.74) is 0.227. The fraction of sp³-hybridized carbons (Fsp3) is 0.0769. The normalized spacial score (nSPS) is 12.1. The standard InChI is InChI=1S/C13H10FNO3S/c14-9-3-1-4-10(7-9)19(18)8-12-11(13(16)17)5-2-6-15-12/h1-7H,8H2,(H,16,17). The Morgan fingerprint density at radius 2 is 2.11 bits per heavy atom. The highest BCUT2D eigenvalue weighted by atomic mass is 32.2. The summed E-state index contributed by atoms with van der Waals surface area (Å²) in [4.78, 5) is 15.2. The van der Waals surface area contributed by atoms with Crippen molar-refractivity contribution >= 4 is 16.8 Å². The SMILES string of the molecule is O=C(O)c1cccnc1CS(=O)c1cccc(F)c1. The number of hydrogen-bond donors (Lipinski definition) is 1. The van der Waals surface area contributed by atoms with E-state index in [1.54, 1.807) is 0 Å². The van der Waals surface area contributed by atoms with Gasteiger partial charge in [-0.2, -0.15) is 0 Å². The topological polar surface area (TPSA) is 67.3 Å². The molecule has 6 heteroatoms. The van der Waals surface area contributed by atoms with E-state index in [9.17, 15) is 13.4 Å². The lowest BCUT2D eigenvalue weighted by atomic mass is 10.2. The molecule has 19 heavy (non-hydrogen) atoms. The lowest BCUT2D eigenvalue weighted by Gasteiger charge is -2.05. The summed E-state index contributed by atoms with van der Waals surface area (Å²) in [6.07, 6.45) is 1.44. The number of halogens is 1. The molecule has 1 unspecified atom stereocenters. The molecule has 0 bridgehead atoms. The first-order chi connectivity index (χ1) is 9.08. The zero-order valence-corrected chi connectivity index (χ0v) is 10.6. The summed E-state index contributed by atoms with van der Waals surface area (Å²) in [5, 5.41) is 8.99. The molecule has 2 rings (SSSR count). The average molecular weight is 279 g/mol. The Morgan fingerprint density at radius 1 is 1.32 bits per heavy atom. The van der Waals surface area contributed by atoms with Gasteiger partial charge in [-0.15, -0.1) is 0 Å². The first-order valence-corrected chi connectivity index (χ1v) is 6.71. The molecular weight excluding hydrogens is 269 g/mol. The quantitative estimate of drug-likeness (QED) is 0.932. The number of benzene rings is 1. The van der Waals surface area contributed by atoms with Gasteiger partial charge < -0.3 is 5.11 Å². The van der Waals surface area contributed by atoms with E-state index in [0.29, 0.717) is 4.90 Å². The summed E-state index contributed by atoms with van der Waals surface area (Å²) in [5.74, 6) is -1.67. The van der Waals surface area contributed by atoms with Crippen LogP contribution < -0.4 is 0 Å². The first-order valence-electron chi connectivity index (χ1n) is 5.39. The molecule has 0 aliphatic carbocycles. The predicted molar refractivity (Wildman–Crippen MR) is 67.7 cm³/mol. The third-order valence-corrected chi connectivity index (χ3v) is 3.76. The second-order valence-electron chi connectivity index (χ2n) is 3.75. The number of carboxylic acids is 1. The number of rotatable bonds is 4. The fourth-order valence-electron chi connectivity index (χ4n) is 1.56. The minimum atomic E-state index is -1.54. The maximum Gasteiger partial charge on any atom is 0.337 e. The number of carbonyl (C=O) groups is 1. The van der Waals surface area contributed by atoms with Crippen molar-refractivity contribution in [3.8, 4) is 0 Å². The van der Waals surface area contributed by atoms with Crippen LogP contribution in [0.15, 0.2) is 47.5 Å². The van der Waals surface area contributed by atoms with Gasteiger partial charge in [0, 0.05) is 11.1 Å². The average Bonchev–Trinajstić information content (AvgIpc) is 2.39. The molecule has 1 heterocycles. The molecule has 0 aliphatic rings. The summed E-state index contributed by atoms with van der Waals surface area (Å²) < 4.78 is 25.1. The molecule has 0 amide bonds. The fourth-order valence-corrected chi connectivity index (χ4v) is 2.68. The van der Waals surface area contributed by atoms with E-state index in [1.165, 1.54) is 42.6 Å². The molecule has 0 radical (unpaired) electrons. The Morgan fingerprint density at radius 3 is 2.79 bits per heavy atom. The Kier molecular flexibility index (Phi) is 4.01. The molecule has 0 fully saturated rings. The minimum Gasteiger partial charge on any atom is -0.478 e. The highest BCUT2D eigenvalue weighted by Gasteiger charge is 2.14. The van der Waals surface area contributed by atoms with Crippen LogP contribution in [0.1, 0.15) is 16.1 Å². The van der Waals surface area contributed by atoms with Gasteiger partial charge in [0.15, 0.2) is 0 Å². The molecule has 0 spiro atoms. The third kappa shape index (κ3) is 3.23. The second-order valence-corrected chi connectivity index (χ2v) is 5.20. The lowest BCUT2D eigenvalue weighted by Crippen LogP contribution is -2.07. The zero-order chi connectivity index (χ0) is 13.8. The van der Waals surface area contributed by atoms with Gasteiger partial charge in [0.1, 0.15) is 5.82 Å². The van der Waals surface area contributed by atoms with Crippen LogP contribution >= 0.6 is 0 Å². The zero-order valence-electron chi connectivity index (χ0n) is 9.75. The van der Waals surface area contributed by atoms with Crippen LogP contribution in [0.4, 0.5) is 4.39 Å². The lowest BCUT2D eigenvalue weighted by molar-refractivity contribution is 0.0695. The van der Waals surface area contributed by atoms with E-state index < -0.39 is 22.6 Å². The van der Waals surface area contributed by atoms with E-state index in [1.807, 2.05) is 0 Å². The largest absolute Gasteiger partial charge is 0.478 e. The molecule has 4 nitrogen and oxygen atoms in total. The molecule has 2 aromatic rings. The predicted octanol–water partition coefficient (Wildman–Crippen LogP) is 2.23. The van der Waals surface area contributed by atoms with Crippen LogP contribution in [-0.4, -0.2) is 20.3 Å². The van der Waals surface area contributed by atoms with Crippen molar-refractivity contribution in [2.24, 2.45) is 0 Å². The summed E-state index contributed by atoms with van der Waals surface area (Å²) >= 11 is 0. The Labute approximate surface area is 111 Å². The van der Waals surface area contributed by atoms with Crippen molar-refractivity contribution in [3.63, 3.8) is 0 Å². The van der Waals surface area contributed by atoms with Gasteiger partial charge in [-0.1, -0.05) is 6.07 Å². The van der Waals surface area contributed by atoms with Crippen LogP contribution in [0.3, 0.4) is 0 Å². The van der Waals surface area contributed by atoms with Crippen LogP contribution in [0, 0.1) is 5.82 Å². The van der Waals surface area contributed by atoms with Crippen molar-refractivity contribution in [1.82, 2.24) is 4.98 Å². The molecule has 1 aromatic heterocycles. The van der Waals surface area contributed by atoms with Crippen LogP contribution in [0.2, 0.25) is 0 Å². The van der Waals surface area contributed by atoms with Gasteiger partial charge in [-0.05, 0) is 30.3 Å². The van der Waals surface area contributed by atoms with E-state index in [2.05, 4.69) is 4.98 Å². The maximum absolute atomic E-state index is 13.0. The highest BCUT2D eigenvalue weighted by Crippen LogP contribution is 2.15. The Bertz CT molecular complexity index is 645. The molecule has 1 aromatic carbocycles. The van der Waals surface area contributed by atoms with Gasteiger partial charge in [0.25, 0.3) is 0 Å². The maximum atomic E-state index is 13.0. The van der Waals surface area contributed by atoms with Gasteiger partial charge in [-0.25, -0.2) is 9.18 Å². The summed E-state index contributed by atoms with van der Waals surface area (Å²) in [7, 11) is -1.54. The van der Waals surface area contributed by atoms with E-state index in [0.717, 1.165) is 0 Å². The van der Waals surface area contributed by atoms with Crippen LogP contribution in [0.25, 0.3) is 0 Å². The Balaban J connectivity index is 2.27. The van der Waals surface area contributed by atoms with Crippen molar-refractivity contribution < 1.29 is 18.5 Å². The highest BCUT2D eigenvalue weighted by molar-refractivity contribution is 7.84. The Hall–Kier alpha value is -2.08. The number of aromatic nitrogens is 1. The van der Waals surface area contributed by atoms with Gasteiger partial charge in [-0.3, -0.25) is 9.19 Å². The van der Waals surface area contributed by atoms with Crippen LogP contribution in [0.5, 0.6) is 0 Å². The van der Waals surface area contributed by atoms with E-state index in [4.69, 9.17) is 5.11 Å². The van der Waals surface area contributed by atoms with Gasteiger partial charge >= 0.3 is 5.97 Å². The molecule has 0 aliphatic heterocycles. The number of carboxylic acid groups (broad SMARTS) is 1. The van der Waals surface area contributed by atoms with Crippen molar-refractivity contribution in [3.05, 3.63) is 59.7 Å². The van der Waals surface area contributed by atoms with Crippen molar-refractivity contribution in [2.45, 2.75) is 10.6 Å². The molecule has 1 atom stereocenters. The number of nitrogens with zero attached hydrogens (tertiary/aromatic N) is 1. The molecule has 98 valence electrons. The molecular formula is C13H10FNO3S. The monoisotopic (exact) mass is 279 g/mol. The van der Waals surface area contributed by atoms with Crippen LogP contribution in [-0.2, 0) is 16.6 Å². The number of hydrogen-bond acceptors (Lipinski definition) is 3. The molecule has 1 N–H and O–H groups in total. The number of pyridine rings is 1. The summed E-state index contributed by atoms with van der Waals surface area (Å²) in [6, 6.07) is 8.30.